The Bertz CT molecular complexity index is 723. The molecule has 0 aromatic heterocycles. The third-order valence-electron chi connectivity index (χ3n) is 4.24. The number of para-hydroxylation sites is 1. The first-order chi connectivity index (χ1) is 12.5. The lowest BCUT2D eigenvalue weighted by molar-refractivity contribution is -0.384. The van der Waals surface area contributed by atoms with E-state index in [1.807, 2.05) is 30.3 Å². The van der Waals surface area contributed by atoms with Crippen molar-refractivity contribution in [2.24, 2.45) is 5.73 Å². The number of carbonyl (C=O) groups excluding carboxylic acids is 1. The molecule has 0 bridgehead atoms. The minimum absolute atomic E-state index is 0. The maximum Gasteiger partial charge on any atom is 0.269 e. The van der Waals surface area contributed by atoms with Crippen molar-refractivity contribution >= 4 is 29.7 Å². The largest absolute Gasteiger partial charge is 0.320 e. The SMILES string of the molecule is CCCCCN(C(=O)[C@@H](N)Cc1ccc([N+](=O)[O-])cc1)c1ccccc1.Cl. The smallest absolute Gasteiger partial charge is 0.269 e. The van der Waals surface area contributed by atoms with Crippen LogP contribution in [0.15, 0.2) is 54.6 Å². The van der Waals surface area contributed by atoms with E-state index >= 15 is 0 Å². The van der Waals surface area contributed by atoms with Gasteiger partial charge in [-0.2, -0.15) is 0 Å². The lowest BCUT2D eigenvalue weighted by atomic mass is 10.0. The summed E-state index contributed by atoms with van der Waals surface area (Å²) in [5.74, 6) is -0.134. The number of nitro groups is 1. The van der Waals surface area contributed by atoms with Gasteiger partial charge in [-0.1, -0.05) is 50.1 Å². The molecule has 146 valence electrons. The Morgan fingerprint density at radius 2 is 1.74 bits per heavy atom. The van der Waals surface area contributed by atoms with Crippen LogP contribution < -0.4 is 10.6 Å². The number of hydrogen-bond donors (Lipinski definition) is 1. The summed E-state index contributed by atoms with van der Waals surface area (Å²) in [6.45, 7) is 2.75. The van der Waals surface area contributed by atoms with Crippen LogP contribution in [0.2, 0.25) is 0 Å². The van der Waals surface area contributed by atoms with Gasteiger partial charge < -0.3 is 10.6 Å². The van der Waals surface area contributed by atoms with Crippen molar-refractivity contribution in [1.82, 2.24) is 0 Å². The number of benzene rings is 2. The number of rotatable bonds is 9. The summed E-state index contributed by atoms with van der Waals surface area (Å²) in [5, 5.41) is 10.7. The fraction of sp³-hybridized carbons (Fsp3) is 0.350. The molecule has 0 saturated carbocycles. The van der Waals surface area contributed by atoms with Gasteiger partial charge in [-0.25, -0.2) is 0 Å². The summed E-state index contributed by atoms with van der Waals surface area (Å²) in [7, 11) is 0. The number of nitro benzene ring substituents is 1. The van der Waals surface area contributed by atoms with Crippen molar-refractivity contribution in [1.29, 1.82) is 0 Å². The van der Waals surface area contributed by atoms with Crippen molar-refractivity contribution in [2.45, 2.75) is 38.6 Å². The molecule has 0 aliphatic carbocycles. The van der Waals surface area contributed by atoms with E-state index in [0.29, 0.717) is 13.0 Å². The minimum Gasteiger partial charge on any atom is -0.320 e. The van der Waals surface area contributed by atoms with E-state index in [-0.39, 0.29) is 24.0 Å². The van der Waals surface area contributed by atoms with Gasteiger partial charge in [0.25, 0.3) is 5.69 Å². The molecule has 27 heavy (non-hydrogen) atoms. The van der Waals surface area contributed by atoms with E-state index in [4.69, 9.17) is 5.73 Å². The van der Waals surface area contributed by atoms with Gasteiger partial charge in [-0.05, 0) is 30.5 Å². The molecular weight excluding hydrogens is 366 g/mol. The number of carbonyl (C=O) groups is 1. The van der Waals surface area contributed by atoms with Gasteiger partial charge in [0.05, 0.1) is 11.0 Å². The van der Waals surface area contributed by atoms with Crippen molar-refractivity contribution in [2.75, 3.05) is 11.4 Å². The number of nitrogens with zero attached hydrogens (tertiary/aromatic N) is 2. The van der Waals surface area contributed by atoms with Crippen molar-refractivity contribution in [3.63, 3.8) is 0 Å². The Hall–Kier alpha value is -2.44. The quantitative estimate of drug-likeness (QED) is 0.395. The lowest BCUT2D eigenvalue weighted by Crippen LogP contribution is -2.45. The summed E-state index contributed by atoms with van der Waals surface area (Å²) < 4.78 is 0. The molecule has 0 fully saturated rings. The number of nitrogens with two attached hydrogens (primary N) is 1. The number of anilines is 1. The van der Waals surface area contributed by atoms with Gasteiger partial charge in [0.2, 0.25) is 5.91 Å². The molecule has 0 radical (unpaired) electrons. The first-order valence-electron chi connectivity index (χ1n) is 8.88. The molecule has 2 rings (SSSR count). The molecule has 0 saturated heterocycles. The summed E-state index contributed by atoms with van der Waals surface area (Å²) in [6, 6.07) is 15.0. The normalized spacial score (nSPS) is 11.3. The molecule has 0 unspecified atom stereocenters. The third-order valence-corrected chi connectivity index (χ3v) is 4.24. The highest BCUT2D eigenvalue weighted by molar-refractivity contribution is 5.97. The number of amides is 1. The van der Waals surface area contributed by atoms with Crippen molar-refractivity contribution < 1.29 is 9.72 Å². The van der Waals surface area contributed by atoms with Crippen LogP contribution in [0.3, 0.4) is 0 Å². The molecule has 1 atom stereocenters. The van der Waals surface area contributed by atoms with Gasteiger partial charge >= 0.3 is 0 Å². The molecule has 1 amide bonds. The average Bonchev–Trinajstić information content (AvgIpc) is 2.66. The second-order valence-electron chi connectivity index (χ2n) is 6.27. The Balaban J connectivity index is 0.00000364. The highest BCUT2D eigenvalue weighted by atomic mass is 35.5. The van der Waals surface area contributed by atoms with E-state index in [1.165, 1.54) is 12.1 Å². The molecule has 2 aromatic rings. The van der Waals surface area contributed by atoms with Crippen LogP contribution in [0.25, 0.3) is 0 Å². The maximum absolute atomic E-state index is 12.9. The summed E-state index contributed by atoms with van der Waals surface area (Å²) in [6.07, 6.45) is 3.38. The predicted octanol–water partition coefficient (Wildman–Crippen LogP) is 4.11. The Morgan fingerprint density at radius 3 is 2.30 bits per heavy atom. The highest BCUT2D eigenvalue weighted by Gasteiger charge is 2.22. The highest BCUT2D eigenvalue weighted by Crippen LogP contribution is 2.18. The topological polar surface area (TPSA) is 89.5 Å². The molecular formula is C20H26ClN3O3. The first-order valence-corrected chi connectivity index (χ1v) is 8.88. The molecule has 7 heteroatoms. The molecule has 2 N–H and O–H groups in total. The molecule has 0 spiro atoms. The standard InChI is InChI=1S/C20H25N3O3.ClH/c1-2-3-7-14-22(17-8-5-4-6-9-17)20(24)19(21)15-16-10-12-18(13-11-16)23(25)26;/h4-6,8-13,19H,2-3,7,14-15,21H2,1H3;1H/t19-;/m0./s1. The molecule has 0 aliphatic heterocycles. The van der Waals surface area contributed by atoms with E-state index in [1.54, 1.807) is 17.0 Å². The molecule has 0 heterocycles. The number of non-ortho nitro benzene ring substituents is 1. The zero-order valence-corrected chi connectivity index (χ0v) is 16.2. The van der Waals surface area contributed by atoms with Gasteiger partial charge in [0.1, 0.15) is 0 Å². The van der Waals surface area contributed by atoms with Crippen molar-refractivity contribution in [3.8, 4) is 0 Å². The second-order valence-corrected chi connectivity index (χ2v) is 6.27. The van der Waals surface area contributed by atoms with Crippen LogP contribution in [0, 0.1) is 10.1 Å². The Kier molecular flexibility index (Phi) is 9.47. The number of halogens is 1. The fourth-order valence-corrected chi connectivity index (χ4v) is 2.79. The second kappa shape index (κ2) is 11.3. The van der Waals surface area contributed by atoms with Crippen LogP contribution in [-0.2, 0) is 11.2 Å². The monoisotopic (exact) mass is 391 g/mol. The Labute approximate surface area is 165 Å². The molecule has 2 aromatic carbocycles. The zero-order valence-electron chi connectivity index (χ0n) is 15.4. The van der Waals surface area contributed by atoms with Gasteiger partial charge in [0.15, 0.2) is 0 Å². The zero-order chi connectivity index (χ0) is 18.9. The Morgan fingerprint density at radius 1 is 1.11 bits per heavy atom. The van der Waals surface area contributed by atoms with Crippen LogP contribution in [0.5, 0.6) is 0 Å². The molecule has 0 aliphatic rings. The minimum atomic E-state index is -0.696. The number of unbranched alkanes of at least 4 members (excludes halogenated alkanes) is 2. The van der Waals surface area contributed by atoms with E-state index in [9.17, 15) is 14.9 Å². The van der Waals surface area contributed by atoms with E-state index < -0.39 is 11.0 Å². The van der Waals surface area contributed by atoms with Gasteiger partial charge in [-0.15, -0.1) is 12.4 Å². The van der Waals surface area contributed by atoms with E-state index in [2.05, 4.69) is 6.92 Å². The predicted molar refractivity (Wildman–Crippen MR) is 110 cm³/mol. The van der Waals surface area contributed by atoms with Crippen LogP contribution in [0.1, 0.15) is 31.7 Å². The third kappa shape index (κ3) is 6.66. The van der Waals surface area contributed by atoms with Crippen LogP contribution in [0.4, 0.5) is 11.4 Å². The van der Waals surface area contributed by atoms with Gasteiger partial charge in [0, 0.05) is 24.4 Å². The van der Waals surface area contributed by atoms with Crippen molar-refractivity contribution in [3.05, 3.63) is 70.3 Å². The van der Waals surface area contributed by atoms with E-state index in [0.717, 1.165) is 30.5 Å². The summed E-state index contributed by atoms with van der Waals surface area (Å²) >= 11 is 0. The average molecular weight is 392 g/mol. The summed E-state index contributed by atoms with van der Waals surface area (Å²) in [5.41, 5.74) is 7.84. The lowest BCUT2D eigenvalue weighted by Gasteiger charge is -2.26. The number of hydrogen-bond acceptors (Lipinski definition) is 4. The summed E-state index contributed by atoms with van der Waals surface area (Å²) in [4.78, 5) is 24.9. The fourth-order valence-electron chi connectivity index (χ4n) is 2.79. The van der Waals surface area contributed by atoms with Crippen LogP contribution >= 0.6 is 12.4 Å². The maximum atomic E-state index is 12.9. The molecule has 6 nitrogen and oxygen atoms in total. The van der Waals surface area contributed by atoms with Crippen LogP contribution in [-0.4, -0.2) is 23.4 Å². The first kappa shape index (κ1) is 22.6. The van der Waals surface area contributed by atoms with Gasteiger partial charge in [-0.3, -0.25) is 14.9 Å².